The van der Waals surface area contributed by atoms with Crippen molar-refractivity contribution in [2.75, 3.05) is 0 Å². The highest BCUT2D eigenvalue weighted by molar-refractivity contribution is 7.99. The first-order valence-electron chi connectivity index (χ1n) is 8.51. The number of pyridine rings is 1. The van der Waals surface area contributed by atoms with Gasteiger partial charge < -0.3 is 4.57 Å². The molecule has 1 N–H and O–H groups in total. The molecule has 0 radical (unpaired) electrons. The van der Waals surface area contributed by atoms with Gasteiger partial charge in [0.25, 0.3) is 0 Å². The Kier molecular flexibility index (Phi) is 3.92. The molecule has 0 unspecified atom stereocenters. The highest BCUT2D eigenvalue weighted by Crippen LogP contribution is 2.44. The fourth-order valence-electron chi connectivity index (χ4n) is 3.21. The van der Waals surface area contributed by atoms with E-state index in [2.05, 4.69) is 39.0 Å². The van der Waals surface area contributed by atoms with Crippen molar-refractivity contribution in [2.45, 2.75) is 9.79 Å². The molecule has 27 heavy (non-hydrogen) atoms. The quantitative estimate of drug-likeness (QED) is 0.419. The van der Waals surface area contributed by atoms with E-state index in [4.69, 9.17) is 16.6 Å². The van der Waals surface area contributed by atoms with Crippen molar-refractivity contribution >= 4 is 34.3 Å². The van der Waals surface area contributed by atoms with Gasteiger partial charge in [-0.2, -0.15) is 5.10 Å². The summed E-state index contributed by atoms with van der Waals surface area (Å²) in [4.78, 5) is 7.25. The van der Waals surface area contributed by atoms with Gasteiger partial charge in [0, 0.05) is 44.6 Å². The molecule has 4 nitrogen and oxygen atoms in total. The molecule has 132 valence electrons. The summed E-state index contributed by atoms with van der Waals surface area (Å²) in [5, 5.41) is 8.94. The predicted octanol–water partition coefficient (Wildman–Crippen LogP) is 5.87. The first kappa shape index (κ1) is 16.4. The number of nitrogens with zero attached hydrogens (tertiary/aromatic N) is 3. The number of aromatic nitrogens is 4. The highest BCUT2D eigenvalue weighted by atomic mass is 35.5. The van der Waals surface area contributed by atoms with Crippen molar-refractivity contribution in [1.82, 2.24) is 19.7 Å². The molecule has 0 spiro atoms. The third-order valence-corrected chi connectivity index (χ3v) is 5.95. The molecular formula is C21H15ClN4S. The van der Waals surface area contributed by atoms with Gasteiger partial charge in [0.15, 0.2) is 0 Å². The average Bonchev–Trinajstić information content (AvgIpc) is 3.29. The van der Waals surface area contributed by atoms with Crippen LogP contribution in [0.15, 0.2) is 76.8 Å². The minimum atomic E-state index is 0.738. The number of H-pyrrole nitrogens is 1. The summed E-state index contributed by atoms with van der Waals surface area (Å²) < 4.78 is 2.06. The van der Waals surface area contributed by atoms with E-state index in [1.54, 1.807) is 11.8 Å². The third kappa shape index (κ3) is 2.89. The third-order valence-electron chi connectivity index (χ3n) is 4.57. The summed E-state index contributed by atoms with van der Waals surface area (Å²) in [7, 11) is 2.02. The van der Waals surface area contributed by atoms with Gasteiger partial charge in [-0.05, 0) is 48.5 Å². The van der Waals surface area contributed by atoms with Gasteiger partial charge in [0.2, 0.25) is 0 Å². The van der Waals surface area contributed by atoms with E-state index in [0.29, 0.717) is 0 Å². The van der Waals surface area contributed by atoms with Crippen LogP contribution in [0.25, 0.3) is 33.5 Å². The second-order valence-corrected chi connectivity index (χ2v) is 7.89. The maximum Gasteiger partial charge on any atom is 0.141 e. The first-order valence-corrected chi connectivity index (χ1v) is 9.70. The lowest BCUT2D eigenvalue weighted by molar-refractivity contribution is 0.891. The van der Waals surface area contributed by atoms with Gasteiger partial charge in [-0.15, -0.1) is 0 Å². The average molecular weight is 391 g/mol. The second-order valence-electron chi connectivity index (χ2n) is 6.37. The molecular weight excluding hydrogens is 376 g/mol. The summed E-state index contributed by atoms with van der Waals surface area (Å²) in [5.74, 6) is 0.969. The largest absolute Gasteiger partial charge is 0.336 e. The molecule has 0 aliphatic carbocycles. The number of fused-ring (bicyclic) bond motifs is 2. The van der Waals surface area contributed by atoms with Crippen LogP contribution < -0.4 is 0 Å². The molecule has 3 aromatic rings. The topological polar surface area (TPSA) is 46.5 Å². The summed E-state index contributed by atoms with van der Waals surface area (Å²) in [5.41, 5.74) is 4.22. The van der Waals surface area contributed by atoms with Crippen molar-refractivity contribution < 1.29 is 0 Å². The molecule has 6 heteroatoms. The van der Waals surface area contributed by atoms with Crippen LogP contribution in [-0.4, -0.2) is 19.7 Å². The Labute approximate surface area is 165 Å². The Morgan fingerprint density at radius 2 is 1.93 bits per heavy atom. The first-order chi connectivity index (χ1) is 13.2. The Bertz CT molecular complexity index is 1220. The van der Waals surface area contributed by atoms with Crippen LogP contribution in [0.4, 0.5) is 0 Å². The van der Waals surface area contributed by atoms with E-state index < -0.39 is 0 Å². The number of nitrogens with one attached hydrogen (secondary N) is 1. The molecule has 0 bridgehead atoms. The fourth-order valence-corrected chi connectivity index (χ4v) is 4.38. The molecule has 0 amide bonds. The SMILES string of the molecule is Cn1cccc2c(Sc3ccc(Cl)cc3)c(-c3ccc4[nH]ncc4c3)nc1-2. The lowest BCUT2D eigenvalue weighted by Gasteiger charge is -2.07. The Morgan fingerprint density at radius 1 is 1.07 bits per heavy atom. The van der Waals surface area contributed by atoms with E-state index in [1.165, 1.54) is 0 Å². The smallest absolute Gasteiger partial charge is 0.141 e. The molecule has 0 saturated heterocycles. The molecule has 2 aliphatic heterocycles. The number of rotatable bonds is 3. The molecule has 2 aliphatic rings. The summed E-state index contributed by atoms with van der Waals surface area (Å²) >= 11 is 7.76. The van der Waals surface area contributed by atoms with Gasteiger partial charge in [-0.1, -0.05) is 29.4 Å². The molecule has 0 atom stereocenters. The Morgan fingerprint density at radius 3 is 2.78 bits per heavy atom. The van der Waals surface area contributed by atoms with Crippen LogP contribution in [0.1, 0.15) is 0 Å². The number of halogens is 1. The van der Waals surface area contributed by atoms with Crippen LogP contribution in [0.5, 0.6) is 0 Å². The van der Waals surface area contributed by atoms with Crippen molar-refractivity contribution in [3.63, 3.8) is 0 Å². The van der Waals surface area contributed by atoms with Crippen molar-refractivity contribution in [2.24, 2.45) is 7.05 Å². The maximum atomic E-state index is 6.05. The molecule has 2 aromatic carbocycles. The second kappa shape index (κ2) is 6.44. The zero-order valence-electron chi connectivity index (χ0n) is 14.5. The predicted molar refractivity (Wildman–Crippen MR) is 110 cm³/mol. The van der Waals surface area contributed by atoms with Gasteiger partial charge in [0.05, 0.1) is 17.4 Å². The molecule has 3 heterocycles. The number of hydrogen-bond acceptors (Lipinski definition) is 3. The standard InChI is InChI=1S/C21H15ClN4S/c1-26-10-2-3-17-20(27-16-7-5-15(22)6-8-16)19(24-21(17)26)13-4-9-18-14(11-13)12-23-25-18/h2-12H,1H3,(H,23,25). The fraction of sp³-hybridized carbons (Fsp3) is 0.0476. The zero-order valence-corrected chi connectivity index (χ0v) is 16.1. The normalized spacial score (nSPS) is 11.5. The van der Waals surface area contributed by atoms with Gasteiger partial charge in [-0.3, -0.25) is 5.10 Å². The van der Waals surface area contributed by atoms with E-state index in [9.17, 15) is 0 Å². The summed E-state index contributed by atoms with van der Waals surface area (Å²) in [6.07, 6.45) is 3.86. The van der Waals surface area contributed by atoms with Crippen LogP contribution in [0.2, 0.25) is 5.02 Å². The van der Waals surface area contributed by atoms with Gasteiger partial charge in [-0.25, -0.2) is 4.98 Å². The van der Waals surface area contributed by atoms with Gasteiger partial charge in [0.1, 0.15) is 5.82 Å². The van der Waals surface area contributed by atoms with Crippen molar-refractivity contribution in [3.8, 4) is 22.6 Å². The lowest BCUT2D eigenvalue weighted by atomic mass is 10.1. The Hall–Kier alpha value is -2.76. The summed E-state index contributed by atoms with van der Waals surface area (Å²) in [6, 6.07) is 18.4. The number of hydrogen-bond donors (Lipinski definition) is 1. The van der Waals surface area contributed by atoms with E-state index in [-0.39, 0.29) is 0 Å². The summed E-state index contributed by atoms with van der Waals surface area (Å²) in [6.45, 7) is 0. The number of aryl methyl sites for hydroxylation is 1. The minimum Gasteiger partial charge on any atom is -0.336 e. The van der Waals surface area contributed by atoms with Crippen LogP contribution >= 0.6 is 23.4 Å². The van der Waals surface area contributed by atoms with Crippen LogP contribution in [-0.2, 0) is 7.05 Å². The lowest BCUT2D eigenvalue weighted by Crippen LogP contribution is -1.95. The number of benzene rings is 2. The van der Waals surface area contributed by atoms with E-state index in [0.717, 1.165) is 48.4 Å². The van der Waals surface area contributed by atoms with Gasteiger partial charge >= 0.3 is 0 Å². The number of aromatic amines is 1. The molecule has 0 saturated carbocycles. The van der Waals surface area contributed by atoms with Crippen molar-refractivity contribution in [3.05, 3.63) is 72.0 Å². The van der Waals surface area contributed by atoms with Crippen LogP contribution in [0.3, 0.4) is 0 Å². The van der Waals surface area contributed by atoms with E-state index in [1.807, 2.05) is 49.8 Å². The monoisotopic (exact) mass is 390 g/mol. The Balaban J connectivity index is 1.70. The van der Waals surface area contributed by atoms with Crippen molar-refractivity contribution in [1.29, 1.82) is 0 Å². The highest BCUT2D eigenvalue weighted by Gasteiger charge is 2.22. The molecule has 0 fully saturated rings. The maximum absolute atomic E-state index is 6.05. The zero-order chi connectivity index (χ0) is 18.4. The molecule has 5 rings (SSSR count). The minimum absolute atomic E-state index is 0.738. The van der Waals surface area contributed by atoms with E-state index >= 15 is 0 Å². The molecule has 1 aromatic heterocycles. The van der Waals surface area contributed by atoms with Crippen LogP contribution in [0, 0.1) is 0 Å².